The number of amides is 1. The van der Waals surface area contributed by atoms with Gasteiger partial charge in [0.2, 0.25) is 5.91 Å². The number of alkyl halides is 6. The van der Waals surface area contributed by atoms with E-state index in [1.54, 1.807) is 0 Å². The van der Waals surface area contributed by atoms with Gasteiger partial charge in [0, 0.05) is 11.3 Å². The van der Waals surface area contributed by atoms with E-state index in [1.165, 1.54) is 18.2 Å². The standard InChI is InChI=1S/C15H10F6N2OS/c16-14(17,18)10-4-2-1-3-7(10)8-5-9(8)12(24)23-13-22-11(6-25-13)15(19,20)21/h1-4,6,8-9H,5H2,(H,22,23,24). The fourth-order valence-corrected chi connectivity index (χ4v) is 3.29. The zero-order valence-corrected chi connectivity index (χ0v) is 13.1. The number of thiazole rings is 1. The third kappa shape index (κ3) is 3.78. The summed E-state index contributed by atoms with van der Waals surface area (Å²) in [5.41, 5.74) is -1.91. The van der Waals surface area contributed by atoms with E-state index in [4.69, 9.17) is 0 Å². The average molecular weight is 380 g/mol. The summed E-state index contributed by atoms with van der Waals surface area (Å²) >= 11 is 0.611. The molecule has 1 aromatic carbocycles. The summed E-state index contributed by atoms with van der Waals surface area (Å²) in [6.07, 6.45) is -8.94. The largest absolute Gasteiger partial charge is 0.434 e. The second kappa shape index (κ2) is 6.01. The van der Waals surface area contributed by atoms with Gasteiger partial charge in [-0.25, -0.2) is 4.98 Å². The van der Waals surface area contributed by atoms with Crippen LogP contribution in [0.4, 0.5) is 31.5 Å². The highest BCUT2D eigenvalue weighted by Gasteiger charge is 2.48. The molecule has 1 aliphatic carbocycles. The van der Waals surface area contributed by atoms with Crippen LogP contribution in [0.15, 0.2) is 29.6 Å². The average Bonchev–Trinajstić information content (AvgIpc) is 3.17. The van der Waals surface area contributed by atoms with E-state index in [1.807, 2.05) is 0 Å². The van der Waals surface area contributed by atoms with Gasteiger partial charge in [-0.05, 0) is 24.0 Å². The topological polar surface area (TPSA) is 42.0 Å². The number of carbonyl (C=O) groups excluding carboxylic acids is 1. The van der Waals surface area contributed by atoms with Crippen molar-refractivity contribution in [2.45, 2.75) is 24.7 Å². The lowest BCUT2D eigenvalue weighted by Crippen LogP contribution is -2.16. The zero-order chi connectivity index (χ0) is 18.4. The van der Waals surface area contributed by atoms with E-state index in [2.05, 4.69) is 10.3 Å². The molecule has 1 amide bonds. The van der Waals surface area contributed by atoms with Crippen molar-refractivity contribution in [2.75, 3.05) is 5.32 Å². The van der Waals surface area contributed by atoms with Gasteiger partial charge in [0.05, 0.1) is 5.56 Å². The van der Waals surface area contributed by atoms with Crippen LogP contribution in [-0.2, 0) is 17.1 Å². The molecule has 3 rings (SSSR count). The van der Waals surface area contributed by atoms with Crippen LogP contribution in [0.3, 0.4) is 0 Å². The Morgan fingerprint density at radius 1 is 1.12 bits per heavy atom. The van der Waals surface area contributed by atoms with Gasteiger partial charge < -0.3 is 5.32 Å². The quantitative estimate of drug-likeness (QED) is 0.768. The number of anilines is 1. The van der Waals surface area contributed by atoms with Crippen LogP contribution in [0.5, 0.6) is 0 Å². The third-order valence-corrected chi connectivity index (χ3v) is 4.58. The van der Waals surface area contributed by atoms with Crippen molar-refractivity contribution in [2.24, 2.45) is 5.92 Å². The van der Waals surface area contributed by atoms with E-state index >= 15 is 0 Å². The summed E-state index contributed by atoms with van der Waals surface area (Å²) in [6, 6.07) is 4.97. The van der Waals surface area contributed by atoms with Crippen molar-refractivity contribution in [1.82, 2.24) is 4.98 Å². The molecule has 2 unspecified atom stereocenters. The molecule has 1 aromatic heterocycles. The molecule has 3 nitrogen and oxygen atoms in total. The predicted molar refractivity (Wildman–Crippen MR) is 78.0 cm³/mol. The molecule has 0 aliphatic heterocycles. The molecule has 0 radical (unpaired) electrons. The molecule has 0 bridgehead atoms. The molecule has 0 saturated heterocycles. The van der Waals surface area contributed by atoms with Crippen molar-refractivity contribution < 1.29 is 31.1 Å². The zero-order valence-electron chi connectivity index (χ0n) is 12.3. The first kappa shape index (κ1) is 17.7. The summed E-state index contributed by atoms with van der Waals surface area (Å²) in [4.78, 5) is 15.3. The molecule has 1 heterocycles. The van der Waals surface area contributed by atoms with Crippen LogP contribution in [0.25, 0.3) is 0 Å². The van der Waals surface area contributed by atoms with Gasteiger partial charge in [-0.2, -0.15) is 26.3 Å². The second-order valence-corrected chi connectivity index (χ2v) is 6.42. The number of carbonyl (C=O) groups is 1. The maximum atomic E-state index is 13.0. The molecule has 25 heavy (non-hydrogen) atoms. The monoisotopic (exact) mass is 380 g/mol. The van der Waals surface area contributed by atoms with Crippen LogP contribution < -0.4 is 5.32 Å². The Kier molecular flexibility index (Phi) is 4.26. The lowest BCUT2D eigenvalue weighted by Gasteiger charge is -2.12. The first-order valence-electron chi connectivity index (χ1n) is 7.07. The lowest BCUT2D eigenvalue weighted by molar-refractivity contribution is -0.140. The van der Waals surface area contributed by atoms with Crippen molar-refractivity contribution in [1.29, 1.82) is 0 Å². The summed E-state index contributed by atoms with van der Waals surface area (Å²) in [6.45, 7) is 0. The Bertz CT molecular complexity index is 798. The van der Waals surface area contributed by atoms with E-state index in [9.17, 15) is 31.1 Å². The number of nitrogens with one attached hydrogen (secondary N) is 1. The van der Waals surface area contributed by atoms with Crippen molar-refractivity contribution in [3.63, 3.8) is 0 Å². The van der Waals surface area contributed by atoms with E-state index in [0.29, 0.717) is 11.3 Å². The van der Waals surface area contributed by atoms with Gasteiger partial charge in [0.1, 0.15) is 0 Å². The lowest BCUT2D eigenvalue weighted by atomic mass is 10.0. The Hall–Kier alpha value is -2.10. The highest BCUT2D eigenvalue weighted by molar-refractivity contribution is 7.13. The van der Waals surface area contributed by atoms with Crippen LogP contribution in [0.2, 0.25) is 0 Å². The molecule has 134 valence electrons. The highest BCUT2D eigenvalue weighted by atomic mass is 32.1. The first-order chi connectivity index (χ1) is 11.6. The SMILES string of the molecule is O=C(Nc1nc(C(F)(F)F)cs1)C1CC1c1ccccc1C(F)(F)F. The first-order valence-corrected chi connectivity index (χ1v) is 7.95. The fourth-order valence-electron chi connectivity index (χ4n) is 2.57. The Labute approximate surface area is 141 Å². The minimum Gasteiger partial charge on any atom is -0.302 e. The molecule has 2 aromatic rings. The van der Waals surface area contributed by atoms with E-state index in [0.717, 1.165) is 11.4 Å². The van der Waals surface area contributed by atoms with E-state index < -0.39 is 41.4 Å². The Morgan fingerprint density at radius 3 is 2.40 bits per heavy atom. The van der Waals surface area contributed by atoms with Crippen LogP contribution in [-0.4, -0.2) is 10.9 Å². The molecular weight excluding hydrogens is 370 g/mol. The number of aromatic nitrogens is 1. The molecule has 1 aliphatic rings. The predicted octanol–water partition coefficient (Wildman–Crippen LogP) is 4.92. The molecule has 2 atom stereocenters. The molecule has 1 saturated carbocycles. The van der Waals surface area contributed by atoms with Crippen LogP contribution >= 0.6 is 11.3 Å². The van der Waals surface area contributed by atoms with Crippen molar-refractivity contribution in [3.8, 4) is 0 Å². The minimum atomic E-state index is -4.62. The minimum absolute atomic E-state index is 0.0188. The summed E-state index contributed by atoms with van der Waals surface area (Å²) < 4.78 is 76.5. The Morgan fingerprint density at radius 2 is 1.80 bits per heavy atom. The van der Waals surface area contributed by atoms with Gasteiger partial charge >= 0.3 is 12.4 Å². The molecular formula is C15H10F6N2OS. The summed E-state index contributed by atoms with van der Waals surface area (Å²) in [7, 11) is 0. The fraction of sp³-hybridized carbons (Fsp3) is 0.333. The maximum Gasteiger partial charge on any atom is 0.434 e. The molecule has 1 N–H and O–H groups in total. The molecule has 1 fully saturated rings. The summed E-state index contributed by atoms with van der Waals surface area (Å²) in [5, 5.41) is 2.77. The normalized spacial score (nSPS) is 20.4. The third-order valence-electron chi connectivity index (χ3n) is 3.82. The number of halogens is 6. The number of hydrogen-bond acceptors (Lipinski definition) is 3. The number of nitrogens with zero attached hydrogens (tertiary/aromatic N) is 1. The molecule has 0 spiro atoms. The second-order valence-electron chi connectivity index (χ2n) is 5.56. The maximum absolute atomic E-state index is 13.0. The Balaban J connectivity index is 1.70. The number of rotatable bonds is 3. The smallest absolute Gasteiger partial charge is 0.302 e. The van der Waals surface area contributed by atoms with Gasteiger partial charge in [-0.3, -0.25) is 4.79 Å². The van der Waals surface area contributed by atoms with Crippen molar-refractivity contribution in [3.05, 3.63) is 46.5 Å². The van der Waals surface area contributed by atoms with Gasteiger partial charge in [0.25, 0.3) is 0 Å². The highest BCUT2D eigenvalue weighted by Crippen LogP contribution is 2.51. The van der Waals surface area contributed by atoms with Crippen molar-refractivity contribution >= 4 is 22.4 Å². The van der Waals surface area contributed by atoms with Gasteiger partial charge in [0.15, 0.2) is 10.8 Å². The van der Waals surface area contributed by atoms with Gasteiger partial charge in [-0.1, -0.05) is 18.2 Å². The van der Waals surface area contributed by atoms with Gasteiger partial charge in [-0.15, -0.1) is 11.3 Å². The summed E-state index contributed by atoms with van der Waals surface area (Å²) in [5.74, 6) is -1.97. The van der Waals surface area contributed by atoms with Crippen LogP contribution in [0, 0.1) is 5.92 Å². The van der Waals surface area contributed by atoms with E-state index in [-0.39, 0.29) is 17.1 Å². The van der Waals surface area contributed by atoms with Crippen LogP contribution in [0.1, 0.15) is 29.2 Å². The number of benzene rings is 1. The number of hydrogen-bond donors (Lipinski definition) is 1. The molecule has 10 heteroatoms.